The van der Waals surface area contributed by atoms with Crippen molar-refractivity contribution in [2.75, 3.05) is 19.6 Å². The van der Waals surface area contributed by atoms with Crippen LogP contribution in [0.5, 0.6) is 0 Å². The summed E-state index contributed by atoms with van der Waals surface area (Å²) >= 11 is 6.24. The first-order valence-electron chi connectivity index (χ1n) is 9.14. The van der Waals surface area contributed by atoms with Gasteiger partial charge in [0.2, 0.25) is 5.91 Å². The van der Waals surface area contributed by atoms with Crippen molar-refractivity contribution in [1.29, 1.82) is 0 Å². The van der Waals surface area contributed by atoms with Gasteiger partial charge in [-0.25, -0.2) is 0 Å². The third-order valence-corrected chi connectivity index (χ3v) is 5.55. The van der Waals surface area contributed by atoms with E-state index < -0.39 is 0 Å². The minimum Gasteiger partial charge on any atom is -0.352 e. The van der Waals surface area contributed by atoms with E-state index >= 15 is 0 Å². The van der Waals surface area contributed by atoms with Gasteiger partial charge in [-0.2, -0.15) is 0 Å². The molecule has 0 unspecified atom stereocenters. The van der Waals surface area contributed by atoms with Crippen molar-refractivity contribution < 1.29 is 4.79 Å². The fourth-order valence-electron chi connectivity index (χ4n) is 3.63. The Bertz CT molecular complexity index is 591. The summed E-state index contributed by atoms with van der Waals surface area (Å²) < 4.78 is 0. The zero-order valence-electron chi connectivity index (χ0n) is 14.3. The molecule has 1 aromatic rings. The molecule has 24 heavy (non-hydrogen) atoms. The summed E-state index contributed by atoms with van der Waals surface area (Å²) in [6, 6.07) is 8.02. The first-order chi connectivity index (χ1) is 11.7. The second-order valence-electron chi connectivity index (χ2n) is 6.97. The third kappa shape index (κ3) is 4.84. The van der Waals surface area contributed by atoms with Crippen LogP contribution >= 0.6 is 11.6 Å². The lowest BCUT2D eigenvalue weighted by molar-refractivity contribution is -0.126. The molecule has 1 aliphatic heterocycles. The van der Waals surface area contributed by atoms with E-state index in [1.54, 1.807) is 0 Å². The predicted molar refractivity (Wildman–Crippen MR) is 99.0 cm³/mol. The van der Waals surface area contributed by atoms with Gasteiger partial charge in [-0.1, -0.05) is 41.4 Å². The molecular formula is C20H27ClN2O. The Kier molecular flexibility index (Phi) is 6.33. The van der Waals surface area contributed by atoms with Crippen LogP contribution < -0.4 is 5.32 Å². The number of carbonyl (C=O) groups is 1. The average Bonchev–Trinajstić information content (AvgIpc) is 2.63. The second-order valence-corrected chi connectivity index (χ2v) is 7.37. The Morgan fingerprint density at radius 1 is 1.21 bits per heavy atom. The molecule has 1 heterocycles. The van der Waals surface area contributed by atoms with Crippen molar-refractivity contribution in [3.05, 3.63) is 46.5 Å². The summed E-state index contributed by atoms with van der Waals surface area (Å²) in [7, 11) is 0. The van der Waals surface area contributed by atoms with Gasteiger partial charge in [0.05, 0.1) is 0 Å². The summed E-state index contributed by atoms with van der Waals surface area (Å²) in [4.78, 5) is 14.8. The molecule has 1 saturated heterocycles. The van der Waals surface area contributed by atoms with E-state index in [1.807, 2.05) is 18.2 Å². The molecule has 0 atom stereocenters. The van der Waals surface area contributed by atoms with E-state index in [1.165, 1.54) is 30.4 Å². The molecule has 130 valence electrons. The zero-order chi connectivity index (χ0) is 16.8. The summed E-state index contributed by atoms with van der Waals surface area (Å²) in [5.41, 5.74) is 2.58. The third-order valence-electron chi connectivity index (χ3n) is 5.18. The summed E-state index contributed by atoms with van der Waals surface area (Å²) in [6.45, 7) is 3.55. The van der Waals surface area contributed by atoms with Gasteiger partial charge < -0.3 is 5.32 Å². The number of piperidine rings is 1. The number of allylic oxidation sites excluding steroid dienone is 1. The van der Waals surface area contributed by atoms with Crippen molar-refractivity contribution in [2.45, 2.75) is 45.1 Å². The number of likely N-dealkylation sites (tertiary alicyclic amines) is 1. The minimum atomic E-state index is 0.164. The first-order valence-corrected chi connectivity index (χ1v) is 9.51. The maximum Gasteiger partial charge on any atom is 0.223 e. The average molecular weight is 347 g/mol. The standard InChI is InChI=1S/C20H27ClN2O/c21-19-9-5-4-8-18(19)15-23-12-10-17(11-13-23)20(24)22-14-16-6-2-1-3-7-16/h4-6,8-9,17H,1-3,7,10-15H2,(H,22,24). The molecule has 3 rings (SSSR count). The summed E-state index contributed by atoms with van der Waals surface area (Å²) in [5, 5.41) is 3.98. The van der Waals surface area contributed by atoms with Gasteiger partial charge in [-0.3, -0.25) is 9.69 Å². The Balaban J connectivity index is 1.42. The molecule has 4 heteroatoms. The fourth-order valence-corrected chi connectivity index (χ4v) is 3.83. The highest BCUT2D eigenvalue weighted by Crippen LogP contribution is 2.23. The lowest BCUT2D eigenvalue weighted by atomic mass is 9.95. The van der Waals surface area contributed by atoms with Crippen molar-refractivity contribution in [1.82, 2.24) is 10.2 Å². The quantitative estimate of drug-likeness (QED) is 0.811. The molecule has 2 aliphatic rings. The maximum absolute atomic E-state index is 12.4. The molecule has 1 aliphatic carbocycles. The van der Waals surface area contributed by atoms with Crippen molar-refractivity contribution in [2.24, 2.45) is 5.92 Å². The van der Waals surface area contributed by atoms with Gasteiger partial charge in [0.25, 0.3) is 0 Å². The first kappa shape index (κ1) is 17.5. The SMILES string of the molecule is O=C(NCC1=CCCCC1)C1CCN(Cc2ccccc2Cl)CC1. The monoisotopic (exact) mass is 346 g/mol. The fraction of sp³-hybridized carbons (Fsp3) is 0.550. The van der Waals surface area contributed by atoms with E-state index in [9.17, 15) is 4.79 Å². The Morgan fingerprint density at radius 2 is 2.00 bits per heavy atom. The molecular weight excluding hydrogens is 320 g/mol. The number of hydrogen-bond acceptors (Lipinski definition) is 2. The van der Waals surface area contributed by atoms with E-state index in [0.717, 1.165) is 50.5 Å². The van der Waals surface area contributed by atoms with Crippen LogP contribution in [0.25, 0.3) is 0 Å². The van der Waals surface area contributed by atoms with Gasteiger partial charge in [0, 0.05) is 24.0 Å². The zero-order valence-corrected chi connectivity index (χ0v) is 15.0. The highest BCUT2D eigenvalue weighted by atomic mass is 35.5. The van der Waals surface area contributed by atoms with Gasteiger partial charge in [-0.05, 0) is 63.2 Å². The highest BCUT2D eigenvalue weighted by molar-refractivity contribution is 6.31. The van der Waals surface area contributed by atoms with Crippen LogP contribution in [-0.4, -0.2) is 30.4 Å². The Labute approximate surface area is 150 Å². The number of benzene rings is 1. The Morgan fingerprint density at radius 3 is 2.71 bits per heavy atom. The molecule has 0 radical (unpaired) electrons. The van der Waals surface area contributed by atoms with Crippen LogP contribution in [0.2, 0.25) is 5.02 Å². The number of amides is 1. The van der Waals surface area contributed by atoms with Crippen LogP contribution in [-0.2, 0) is 11.3 Å². The van der Waals surface area contributed by atoms with E-state index in [4.69, 9.17) is 11.6 Å². The molecule has 0 aromatic heterocycles. The number of rotatable bonds is 5. The van der Waals surface area contributed by atoms with Gasteiger partial charge >= 0.3 is 0 Å². The minimum absolute atomic E-state index is 0.164. The van der Waals surface area contributed by atoms with Crippen molar-refractivity contribution in [3.63, 3.8) is 0 Å². The lowest BCUT2D eigenvalue weighted by Crippen LogP contribution is -2.40. The molecule has 1 fully saturated rings. The Hall–Kier alpha value is -1.32. The van der Waals surface area contributed by atoms with Crippen LogP contribution in [0.3, 0.4) is 0 Å². The van der Waals surface area contributed by atoms with Crippen LogP contribution in [0.1, 0.15) is 44.1 Å². The van der Waals surface area contributed by atoms with Crippen LogP contribution in [0.4, 0.5) is 0 Å². The molecule has 1 aromatic carbocycles. The van der Waals surface area contributed by atoms with Crippen LogP contribution in [0, 0.1) is 5.92 Å². The molecule has 0 spiro atoms. The summed E-state index contributed by atoms with van der Waals surface area (Å²) in [5.74, 6) is 0.399. The largest absolute Gasteiger partial charge is 0.352 e. The van der Waals surface area contributed by atoms with E-state index in [-0.39, 0.29) is 11.8 Å². The van der Waals surface area contributed by atoms with Gasteiger partial charge in [-0.15, -0.1) is 0 Å². The molecule has 1 amide bonds. The number of nitrogens with zero attached hydrogens (tertiary/aromatic N) is 1. The van der Waals surface area contributed by atoms with Crippen molar-refractivity contribution >= 4 is 17.5 Å². The molecule has 0 bridgehead atoms. The number of nitrogens with one attached hydrogen (secondary N) is 1. The van der Waals surface area contributed by atoms with Crippen LogP contribution in [0.15, 0.2) is 35.9 Å². The number of carbonyl (C=O) groups excluding carboxylic acids is 1. The maximum atomic E-state index is 12.4. The smallest absolute Gasteiger partial charge is 0.223 e. The van der Waals surface area contributed by atoms with Gasteiger partial charge in [0.1, 0.15) is 0 Å². The highest BCUT2D eigenvalue weighted by Gasteiger charge is 2.25. The normalized spacial score (nSPS) is 19.8. The van der Waals surface area contributed by atoms with Crippen molar-refractivity contribution in [3.8, 4) is 0 Å². The lowest BCUT2D eigenvalue weighted by Gasteiger charge is -2.31. The summed E-state index contributed by atoms with van der Waals surface area (Å²) in [6.07, 6.45) is 9.06. The molecule has 1 N–H and O–H groups in total. The molecule has 0 saturated carbocycles. The predicted octanol–water partition coefficient (Wildman–Crippen LogP) is 4.17. The number of hydrogen-bond donors (Lipinski definition) is 1. The molecule has 3 nitrogen and oxygen atoms in total. The topological polar surface area (TPSA) is 32.3 Å². The van der Waals surface area contributed by atoms with E-state index in [0.29, 0.717) is 0 Å². The van der Waals surface area contributed by atoms with E-state index in [2.05, 4.69) is 22.4 Å². The van der Waals surface area contributed by atoms with Gasteiger partial charge in [0.15, 0.2) is 0 Å². The second kappa shape index (κ2) is 8.68. The number of halogens is 1.